The quantitative estimate of drug-likeness (QED) is 0.750. The number of fused-ring (bicyclic) bond motifs is 1. The van der Waals surface area contributed by atoms with E-state index in [-0.39, 0.29) is 0 Å². The molecule has 1 nitrogen and oxygen atoms in total. The smallest absolute Gasteiger partial charge is 0.288 e. The molecule has 0 amide bonds. The second-order valence-electron chi connectivity index (χ2n) is 4.80. The molecule has 1 unspecified atom stereocenters. The van der Waals surface area contributed by atoms with Crippen molar-refractivity contribution in [2.75, 3.05) is 17.6 Å². The molecule has 21 heavy (non-hydrogen) atoms. The molecule has 0 saturated carbocycles. The third kappa shape index (κ3) is 3.52. The zero-order valence-electron chi connectivity index (χ0n) is 11.3. The van der Waals surface area contributed by atoms with Gasteiger partial charge in [0.2, 0.25) is 0 Å². The van der Waals surface area contributed by atoms with Crippen molar-refractivity contribution in [3.8, 4) is 0 Å². The normalized spacial score (nSPS) is 17.0. The molecule has 1 aliphatic heterocycles. The summed E-state index contributed by atoms with van der Waals surface area (Å²) in [5.41, 5.74) is 2.14. The first kappa shape index (κ1) is 14.7. The summed E-state index contributed by atoms with van der Waals surface area (Å²) >= 11 is 2.45. The van der Waals surface area contributed by atoms with Crippen LogP contribution in [0.2, 0.25) is 0 Å². The number of thioether (sulfide) groups is 2. The summed E-state index contributed by atoms with van der Waals surface area (Å²) in [6.45, 7) is 0.769. The summed E-state index contributed by atoms with van der Waals surface area (Å²) in [5.74, 6) is -0.928. The first-order chi connectivity index (χ1) is 10.2. The second-order valence-corrected chi connectivity index (χ2v) is 6.90. The topological polar surface area (TPSA) is 12.0 Å². The Morgan fingerprint density at radius 3 is 2.76 bits per heavy atom. The van der Waals surface area contributed by atoms with Gasteiger partial charge in [0.15, 0.2) is 0 Å². The minimum atomic E-state index is -2.39. The van der Waals surface area contributed by atoms with Crippen LogP contribution in [0.5, 0.6) is 0 Å². The minimum absolute atomic E-state index is 0.427. The van der Waals surface area contributed by atoms with E-state index in [1.165, 1.54) is 10.5 Å². The summed E-state index contributed by atoms with van der Waals surface area (Å²) in [6.07, 6.45) is 0. The van der Waals surface area contributed by atoms with Gasteiger partial charge in [-0.15, -0.1) is 11.8 Å². The number of anilines is 1. The van der Waals surface area contributed by atoms with E-state index in [9.17, 15) is 8.78 Å². The molecule has 1 aliphatic rings. The molecule has 1 heterocycles. The van der Waals surface area contributed by atoms with Gasteiger partial charge in [-0.1, -0.05) is 42.1 Å². The van der Waals surface area contributed by atoms with Crippen molar-refractivity contribution in [3.63, 3.8) is 0 Å². The SMILES string of the molecule is FC(F)Sc1ccccc1NCC1CSc2ccccc21. The van der Waals surface area contributed by atoms with Gasteiger partial charge in [-0.2, -0.15) is 8.78 Å². The number of para-hydroxylation sites is 1. The lowest BCUT2D eigenvalue weighted by atomic mass is 10.0. The summed E-state index contributed by atoms with van der Waals surface area (Å²) in [7, 11) is 0. The maximum atomic E-state index is 12.6. The van der Waals surface area contributed by atoms with Crippen LogP contribution in [-0.2, 0) is 0 Å². The van der Waals surface area contributed by atoms with Gasteiger partial charge in [0.25, 0.3) is 5.76 Å². The van der Waals surface area contributed by atoms with E-state index in [1.54, 1.807) is 12.1 Å². The first-order valence-electron chi connectivity index (χ1n) is 6.73. The molecule has 5 heteroatoms. The third-order valence-electron chi connectivity index (χ3n) is 3.44. The molecule has 110 valence electrons. The first-order valence-corrected chi connectivity index (χ1v) is 8.60. The van der Waals surface area contributed by atoms with Crippen molar-refractivity contribution in [1.82, 2.24) is 0 Å². The number of nitrogens with one attached hydrogen (secondary N) is 1. The number of hydrogen-bond acceptors (Lipinski definition) is 3. The Morgan fingerprint density at radius 2 is 1.90 bits per heavy atom. The van der Waals surface area contributed by atoms with Gasteiger partial charge in [0.05, 0.1) is 0 Å². The molecule has 1 N–H and O–H groups in total. The monoisotopic (exact) mass is 323 g/mol. The number of halogens is 2. The Kier molecular flexibility index (Phi) is 4.70. The van der Waals surface area contributed by atoms with Gasteiger partial charge in [0.1, 0.15) is 0 Å². The summed E-state index contributed by atoms with van der Waals surface area (Å²) in [6, 6.07) is 15.7. The van der Waals surface area contributed by atoms with Crippen molar-refractivity contribution in [3.05, 3.63) is 54.1 Å². The van der Waals surface area contributed by atoms with Crippen molar-refractivity contribution >= 4 is 29.2 Å². The van der Waals surface area contributed by atoms with Crippen LogP contribution in [0.4, 0.5) is 14.5 Å². The Labute approximate surface area is 131 Å². The molecule has 2 aromatic carbocycles. The van der Waals surface area contributed by atoms with Crippen LogP contribution in [0.25, 0.3) is 0 Å². The van der Waals surface area contributed by atoms with E-state index in [0.29, 0.717) is 22.6 Å². The molecule has 0 saturated heterocycles. The van der Waals surface area contributed by atoms with Gasteiger partial charge in [-0.3, -0.25) is 0 Å². The fraction of sp³-hybridized carbons (Fsp3) is 0.250. The lowest BCUT2D eigenvalue weighted by Gasteiger charge is -2.15. The lowest BCUT2D eigenvalue weighted by Crippen LogP contribution is -2.12. The third-order valence-corrected chi connectivity index (χ3v) is 5.48. The molecule has 0 spiro atoms. The molecule has 0 radical (unpaired) electrons. The Balaban J connectivity index is 1.69. The lowest BCUT2D eigenvalue weighted by molar-refractivity contribution is 0.252. The van der Waals surface area contributed by atoms with Gasteiger partial charge in [-0.05, 0) is 23.8 Å². The van der Waals surface area contributed by atoms with E-state index in [2.05, 4.69) is 29.6 Å². The van der Waals surface area contributed by atoms with Gasteiger partial charge in [-0.25, -0.2) is 0 Å². The number of alkyl halides is 2. The highest BCUT2D eigenvalue weighted by Crippen LogP contribution is 2.40. The Morgan fingerprint density at radius 1 is 1.14 bits per heavy atom. The van der Waals surface area contributed by atoms with Crippen molar-refractivity contribution in [2.24, 2.45) is 0 Å². The predicted molar refractivity (Wildman–Crippen MR) is 86.7 cm³/mol. The minimum Gasteiger partial charge on any atom is -0.383 e. The molecule has 3 rings (SSSR count). The van der Waals surface area contributed by atoms with E-state index in [1.807, 2.05) is 23.9 Å². The zero-order chi connectivity index (χ0) is 14.7. The van der Waals surface area contributed by atoms with Crippen LogP contribution < -0.4 is 5.32 Å². The maximum Gasteiger partial charge on any atom is 0.288 e. The molecule has 0 bridgehead atoms. The van der Waals surface area contributed by atoms with Crippen LogP contribution in [0, 0.1) is 0 Å². The van der Waals surface area contributed by atoms with Crippen molar-refractivity contribution in [1.29, 1.82) is 0 Å². The molecule has 0 aromatic heterocycles. The summed E-state index contributed by atoms with van der Waals surface area (Å²) < 4.78 is 25.1. The van der Waals surface area contributed by atoms with E-state index in [0.717, 1.165) is 18.0 Å². The summed E-state index contributed by atoms with van der Waals surface area (Å²) in [4.78, 5) is 1.94. The van der Waals surface area contributed by atoms with E-state index >= 15 is 0 Å². The van der Waals surface area contributed by atoms with E-state index in [4.69, 9.17) is 0 Å². The van der Waals surface area contributed by atoms with Gasteiger partial charge < -0.3 is 5.32 Å². The van der Waals surface area contributed by atoms with Crippen LogP contribution in [0.15, 0.2) is 58.3 Å². The van der Waals surface area contributed by atoms with Crippen LogP contribution in [-0.4, -0.2) is 18.1 Å². The Hall–Kier alpha value is -1.20. The molecule has 1 atom stereocenters. The predicted octanol–water partition coefficient (Wildman–Crippen LogP) is 5.30. The fourth-order valence-corrected chi connectivity index (χ4v) is 4.31. The van der Waals surface area contributed by atoms with Gasteiger partial charge in [0, 0.05) is 33.7 Å². The standard InChI is InChI=1S/C16H15F2NS2/c17-16(18)21-15-8-4-2-6-13(15)19-9-11-10-20-14-7-3-1-5-12(11)14/h1-8,11,16,19H,9-10H2. The van der Waals surface area contributed by atoms with Crippen molar-refractivity contribution in [2.45, 2.75) is 21.5 Å². The Bertz CT molecular complexity index is 619. The fourth-order valence-electron chi connectivity index (χ4n) is 2.44. The van der Waals surface area contributed by atoms with E-state index < -0.39 is 5.76 Å². The molecule has 0 aliphatic carbocycles. The van der Waals surface area contributed by atoms with Crippen molar-refractivity contribution < 1.29 is 8.78 Å². The van der Waals surface area contributed by atoms with Crippen LogP contribution in [0.3, 0.4) is 0 Å². The highest BCUT2D eigenvalue weighted by Gasteiger charge is 2.22. The van der Waals surface area contributed by atoms with Gasteiger partial charge >= 0.3 is 0 Å². The number of benzene rings is 2. The largest absolute Gasteiger partial charge is 0.383 e. The number of rotatable bonds is 5. The number of hydrogen-bond donors (Lipinski definition) is 1. The molecular formula is C16H15F2NS2. The van der Waals surface area contributed by atoms with Crippen LogP contribution in [0.1, 0.15) is 11.5 Å². The average Bonchev–Trinajstić information content (AvgIpc) is 2.89. The average molecular weight is 323 g/mol. The van der Waals surface area contributed by atoms with Crippen LogP contribution >= 0.6 is 23.5 Å². The second kappa shape index (κ2) is 6.71. The molecule has 0 fully saturated rings. The summed E-state index contributed by atoms with van der Waals surface area (Å²) in [5, 5.41) is 3.33. The molecule has 2 aromatic rings. The highest BCUT2D eigenvalue weighted by molar-refractivity contribution is 8.00. The molecular weight excluding hydrogens is 308 g/mol. The highest BCUT2D eigenvalue weighted by atomic mass is 32.2. The maximum absolute atomic E-state index is 12.6. The zero-order valence-corrected chi connectivity index (χ0v) is 12.9.